The summed E-state index contributed by atoms with van der Waals surface area (Å²) in [6.45, 7) is 8.29. The number of aromatic nitrogens is 1. The normalized spacial score (nSPS) is 18.7. The maximum absolute atomic E-state index is 6.30. The predicted molar refractivity (Wildman–Crippen MR) is 125 cm³/mol. The summed E-state index contributed by atoms with van der Waals surface area (Å²) in [4.78, 5) is 18.4. The van der Waals surface area contributed by atoms with E-state index >= 15 is 0 Å². The second-order valence-electron chi connectivity index (χ2n) is 7.94. The van der Waals surface area contributed by atoms with Gasteiger partial charge in [0.2, 0.25) is 0 Å². The molecule has 160 valence electrons. The Morgan fingerprint density at radius 2 is 1.63 bits per heavy atom. The van der Waals surface area contributed by atoms with E-state index in [0.29, 0.717) is 12.5 Å². The molecule has 3 heterocycles. The molecule has 2 fully saturated rings. The minimum Gasteiger partial charge on any atom is -0.370 e. The Morgan fingerprint density at radius 3 is 2.33 bits per heavy atom. The van der Waals surface area contributed by atoms with Crippen molar-refractivity contribution in [2.24, 2.45) is 10.7 Å². The first-order valence-corrected chi connectivity index (χ1v) is 10.9. The lowest BCUT2D eigenvalue weighted by molar-refractivity contribution is 0.312. The van der Waals surface area contributed by atoms with Gasteiger partial charge in [-0.2, -0.15) is 0 Å². The molecule has 2 aliphatic rings. The summed E-state index contributed by atoms with van der Waals surface area (Å²) in [6, 6.07) is 12.2. The molecule has 1 aromatic heterocycles. The fourth-order valence-electron chi connectivity index (χ4n) is 3.89. The highest BCUT2D eigenvalue weighted by atomic mass is 35.5. The van der Waals surface area contributed by atoms with Crippen LogP contribution in [-0.2, 0) is 6.54 Å². The van der Waals surface area contributed by atoms with Crippen LogP contribution in [0.3, 0.4) is 0 Å². The first-order valence-electron chi connectivity index (χ1n) is 10.5. The Bertz CT molecular complexity index is 854. The molecule has 0 unspecified atom stereocenters. The highest BCUT2D eigenvalue weighted by molar-refractivity contribution is 6.30. The number of nitrogens with zero attached hydrogens (tertiary/aromatic N) is 6. The highest BCUT2D eigenvalue weighted by Gasteiger charge is 2.19. The topological polar surface area (TPSA) is 64.2 Å². The Balaban J connectivity index is 1.31. The quantitative estimate of drug-likeness (QED) is 0.595. The number of nitrogens with two attached hydrogens (primary N) is 1. The molecule has 0 amide bonds. The number of halogens is 1. The zero-order chi connectivity index (χ0) is 20.9. The van der Waals surface area contributed by atoms with E-state index in [4.69, 9.17) is 17.3 Å². The summed E-state index contributed by atoms with van der Waals surface area (Å²) in [5, 5.41) is 0.764. The molecule has 0 spiro atoms. The number of guanidine groups is 1. The standard InChI is InChI=1S/C22H30ClN7/c1-27-8-10-29(11-9-27)21-16-18(6-7-25-21)17-26-22(24)30-14-12-28(13-15-30)20-4-2-19(23)3-5-20/h2-7,16H,8-15,17H2,1H3,(H2,24,26). The average Bonchev–Trinajstić information content (AvgIpc) is 2.79. The molecule has 8 heteroatoms. The minimum absolute atomic E-state index is 0.576. The average molecular weight is 428 g/mol. The number of anilines is 2. The van der Waals surface area contributed by atoms with Crippen LogP contribution in [0.2, 0.25) is 5.02 Å². The van der Waals surface area contributed by atoms with E-state index in [1.165, 1.54) is 5.69 Å². The summed E-state index contributed by atoms with van der Waals surface area (Å²) in [5.74, 6) is 1.65. The van der Waals surface area contributed by atoms with E-state index in [-0.39, 0.29) is 0 Å². The van der Waals surface area contributed by atoms with Crippen LogP contribution in [0.25, 0.3) is 0 Å². The molecule has 0 radical (unpaired) electrons. The second kappa shape index (κ2) is 9.53. The third-order valence-corrected chi connectivity index (χ3v) is 6.11. The smallest absolute Gasteiger partial charge is 0.191 e. The molecule has 0 bridgehead atoms. The molecule has 1 aromatic carbocycles. The van der Waals surface area contributed by atoms with Crippen molar-refractivity contribution in [1.29, 1.82) is 0 Å². The number of aliphatic imine (C=N–C) groups is 1. The fraction of sp³-hybridized carbons (Fsp3) is 0.455. The Morgan fingerprint density at radius 1 is 0.967 bits per heavy atom. The van der Waals surface area contributed by atoms with Gasteiger partial charge in [-0.05, 0) is 49.0 Å². The van der Waals surface area contributed by atoms with Gasteiger partial charge in [0.15, 0.2) is 5.96 Å². The molecule has 0 saturated carbocycles. The van der Waals surface area contributed by atoms with E-state index in [0.717, 1.165) is 68.8 Å². The van der Waals surface area contributed by atoms with Crippen molar-refractivity contribution in [1.82, 2.24) is 14.8 Å². The van der Waals surface area contributed by atoms with Gasteiger partial charge in [0.25, 0.3) is 0 Å². The lowest BCUT2D eigenvalue weighted by Gasteiger charge is -2.36. The maximum atomic E-state index is 6.30. The minimum atomic E-state index is 0.576. The Kier molecular flexibility index (Phi) is 6.59. The number of piperazine rings is 2. The van der Waals surface area contributed by atoms with Gasteiger partial charge in [0, 0.05) is 69.3 Å². The summed E-state index contributed by atoms with van der Waals surface area (Å²) < 4.78 is 0. The largest absolute Gasteiger partial charge is 0.370 e. The number of rotatable bonds is 4. The number of benzene rings is 1. The van der Waals surface area contributed by atoms with Crippen LogP contribution in [0.5, 0.6) is 0 Å². The predicted octanol–water partition coefficient (Wildman–Crippen LogP) is 2.12. The van der Waals surface area contributed by atoms with Crippen molar-refractivity contribution >= 4 is 29.1 Å². The number of hydrogen-bond acceptors (Lipinski definition) is 5. The van der Waals surface area contributed by atoms with Crippen molar-refractivity contribution in [3.63, 3.8) is 0 Å². The van der Waals surface area contributed by atoms with E-state index in [2.05, 4.69) is 54.8 Å². The van der Waals surface area contributed by atoms with Gasteiger partial charge in [0.1, 0.15) is 5.82 Å². The number of pyridine rings is 1. The summed E-state index contributed by atoms with van der Waals surface area (Å²) >= 11 is 5.99. The monoisotopic (exact) mass is 427 g/mol. The third kappa shape index (κ3) is 5.15. The van der Waals surface area contributed by atoms with E-state index < -0.39 is 0 Å². The lowest BCUT2D eigenvalue weighted by Crippen LogP contribution is -2.51. The summed E-state index contributed by atoms with van der Waals surface area (Å²) in [6.07, 6.45) is 1.87. The van der Waals surface area contributed by atoms with Crippen LogP contribution in [0.1, 0.15) is 5.56 Å². The van der Waals surface area contributed by atoms with E-state index in [9.17, 15) is 0 Å². The molecule has 7 nitrogen and oxygen atoms in total. The zero-order valence-electron chi connectivity index (χ0n) is 17.5. The molecule has 30 heavy (non-hydrogen) atoms. The van der Waals surface area contributed by atoms with E-state index in [1.807, 2.05) is 24.4 Å². The van der Waals surface area contributed by atoms with Crippen molar-refractivity contribution in [3.05, 3.63) is 53.2 Å². The van der Waals surface area contributed by atoms with Gasteiger partial charge in [0.05, 0.1) is 6.54 Å². The van der Waals surface area contributed by atoms with Gasteiger partial charge < -0.3 is 25.3 Å². The first kappa shape index (κ1) is 20.8. The van der Waals surface area contributed by atoms with Gasteiger partial charge in [-0.1, -0.05) is 11.6 Å². The Labute approximate surface area is 183 Å². The molecule has 2 saturated heterocycles. The summed E-state index contributed by atoms with van der Waals surface area (Å²) in [7, 11) is 2.16. The van der Waals surface area contributed by atoms with Gasteiger partial charge >= 0.3 is 0 Å². The molecule has 2 N–H and O–H groups in total. The molecular weight excluding hydrogens is 398 g/mol. The molecular formula is C22H30ClN7. The van der Waals surface area contributed by atoms with Gasteiger partial charge in [-0.3, -0.25) is 0 Å². The molecule has 2 aliphatic heterocycles. The molecule has 0 atom stereocenters. The van der Waals surface area contributed by atoms with Crippen LogP contribution in [0, 0.1) is 0 Å². The summed E-state index contributed by atoms with van der Waals surface area (Å²) in [5.41, 5.74) is 8.64. The highest BCUT2D eigenvalue weighted by Crippen LogP contribution is 2.20. The fourth-order valence-corrected chi connectivity index (χ4v) is 4.01. The van der Waals surface area contributed by atoms with Crippen LogP contribution in [0.15, 0.2) is 47.6 Å². The molecule has 0 aliphatic carbocycles. The first-order chi connectivity index (χ1) is 14.6. The van der Waals surface area contributed by atoms with Crippen LogP contribution >= 0.6 is 11.6 Å². The molecule has 2 aromatic rings. The van der Waals surface area contributed by atoms with Crippen LogP contribution in [0.4, 0.5) is 11.5 Å². The second-order valence-corrected chi connectivity index (χ2v) is 8.37. The Hall–Kier alpha value is -2.51. The van der Waals surface area contributed by atoms with Gasteiger partial charge in [-0.25, -0.2) is 9.98 Å². The van der Waals surface area contributed by atoms with Crippen molar-refractivity contribution < 1.29 is 0 Å². The number of hydrogen-bond donors (Lipinski definition) is 1. The van der Waals surface area contributed by atoms with Crippen LogP contribution in [-0.4, -0.2) is 80.1 Å². The zero-order valence-corrected chi connectivity index (χ0v) is 18.3. The van der Waals surface area contributed by atoms with Gasteiger partial charge in [-0.15, -0.1) is 0 Å². The van der Waals surface area contributed by atoms with Crippen molar-refractivity contribution in [3.8, 4) is 0 Å². The number of likely N-dealkylation sites (N-methyl/N-ethyl adjacent to an activating group) is 1. The lowest BCUT2D eigenvalue weighted by atomic mass is 10.2. The third-order valence-electron chi connectivity index (χ3n) is 5.86. The van der Waals surface area contributed by atoms with Crippen molar-refractivity contribution in [2.45, 2.75) is 6.54 Å². The van der Waals surface area contributed by atoms with E-state index in [1.54, 1.807) is 0 Å². The van der Waals surface area contributed by atoms with Crippen molar-refractivity contribution in [2.75, 3.05) is 69.2 Å². The maximum Gasteiger partial charge on any atom is 0.191 e. The SMILES string of the molecule is CN1CCN(c2cc(CN=C(N)N3CCN(c4ccc(Cl)cc4)CC3)ccn2)CC1. The molecule has 4 rings (SSSR count). The van der Waals surface area contributed by atoms with Crippen LogP contribution < -0.4 is 15.5 Å².